The molecule has 1 nitrogen and oxygen atoms in total. The van der Waals surface area contributed by atoms with E-state index < -0.39 is 0 Å². The van der Waals surface area contributed by atoms with E-state index in [1.165, 1.54) is 56.9 Å². The molecular formula is C24H29N. The number of pyridine rings is 1. The summed E-state index contributed by atoms with van der Waals surface area (Å²) in [6.45, 7) is 2.29. The minimum Gasteiger partial charge on any atom is -0.265 e. The van der Waals surface area contributed by atoms with Crippen molar-refractivity contribution in [1.29, 1.82) is 0 Å². The molecule has 0 amide bonds. The van der Waals surface area contributed by atoms with Crippen molar-refractivity contribution in [3.8, 4) is 11.8 Å². The molecule has 0 saturated heterocycles. The summed E-state index contributed by atoms with van der Waals surface area (Å²) in [5, 5.41) is 0. The first-order valence-corrected chi connectivity index (χ1v) is 9.87. The molecule has 1 aromatic heterocycles. The van der Waals surface area contributed by atoms with Gasteiger partial charge in [-0.15, -0.1) is 0 Å². The Morgan fingerprint density at radius 2 is 1.48 bits per heavy atom. The molecule has 0 bridgehead atoms. The van der Waals surface area contributed by atoms with Crippen molar-refractivity contribution in [2.45, 2.75) is 64.2 Å². The Labute approximate surface area is 152 Å². The third-order valence-corrected chi connectivity index (χ3v) is 5.48. The summed E-state index contributed by atoms with van der Waals surface area (Å²) in [6, 6.07) is 12.8. The van der Waals surface area contributed by atoms with Crippen LogP contribution in [0.1, 0.15) is 80.9 Å². The van der Waals surface area contributed by atoms with Gasteiger partial charge in [0.15, 0.2) is 0 Å². The summed E-state index contributed by atoms with van der Waals surface area (Å²) < 4.78 is 0. The number of aromatic nitrogens is 1. The summed E-state index contributed by atoms with van der Waals surface area (Å²) in [6.07, 6.45) is 14.7. The first-order chi connectivity index (χ1) is 12.3. The van der Waals surface area contributed by atoms with Gasteiger partial charge in [0.1, 0.15) is 0 Å². The van der Waals surface area contributed by atoms with E-state index in [1.807, 2.05) is 12.1 Å². The van der Waals surface area contributed by atoms with Crippen LogP contribution in [0.5, 0.6) is 0 Å². The molecule has 0 atom stereocenters. The van der Waals surface area contributed by atoms with Gasteiger partial charge in [-0.05, 0) is 67.3 Å². The highest BCUT2D eigenvalue weighted by Gasteiger charge is 2.21. The van der Waals surface area contributed by atoms with Crippen LogP contribution in [0.15, 0.2) is 48.8 Å². The maximum Gasteiger partial charge on any atom is 0.0280 e. The van der Waals surface area contributed by atoms with E-state index in [9.17, 15) is 0 Å². The number of rotatable bonds is 5. The molecule has 0 spiro atoms. The van der Waals surface area contributed by atoms with Crippen molar-refractivity contribution in [2.75, 3.05) is 0 Å². The predicted octanol–water partition coefficient (Wildman–Crippen LogP) is 6.34. The Balaban J connectivity index is 1.52. The first kappa shape index (κ1) is 17.7. The second-order valence-corrected chi connectivity index (χ2v) is 7.32. The molecule has 3 rings (SSSR count). The van der Waals surface area contributed by atoms with Crippen molar-refractivity contribution in [3.63, 3.8) is 0 Å². The normalized spacial score (nSPS) is 19.9. The molecule has 1 aliphatic rings. The van der Waals surface area contributed by atoms with Crippen LogP contribution in [0.3, 0.4) is 0 Å². The molecule has 2 aromatic rings. The fourth-order valence-electron chi connectivity index (χ4n) is 3.89. The summed E-state index contributed by atoms with van der Waals surface area (Å²) in [5.41, 5.74) is 3.61. The van der Waals surface area contributed by atoms with E-state index in [0.717, 1.165) is 23.0 Å². The third-order valence-electron chi connectivity index (χ3n) is 5.48. The Hall–Kier alpha value is -2.07. The van der Waals surface area contributed by atoms with Gasteiger partial charge in [0.2, 0.25) is 0 Å². The van der Waals surface area contributed by atoms with Crippen LogP contribution >= 0.6 is 0 Å². The van der Waals surface area contributed by atoms with E-state index >= 15 is 0 Å². The Morgan fingerprint density at radius 1 is 0.840 bits per heavy atom. The average molecular weight is 332 g/mol. The van der Waals surface area contributed by atoms with Crippen LogP contribution in [0.2, 0.25) is 0 Å². The van der Waals surface area contributed by atoms with Gasteiger partial charge in [0.05, 0.1) is 0 Å². The van der Waals surface area contributed by atoms with Gasteiger partial charge in [-0.25, -0.2) is 0 Å². The maximum absolute atomic E-state index is 4.02. The van der Waals surface area contributed by atoms with Gasteiger partial charge < -0.3 is 0 Å². The molecule has 1 aromatic carbocycles. The Bertz CT molecular complexity index is 682. The second-order valence-electron chi connectivity index (χ2n) is 7.32. The van der Waals surface area contributed by atoms with Gasteiger partial charge in [0.25, 0.3) is 0 Å². The molecule has 0 unspecified atom stereocenters. The molecule has 1 fully saturated rings. The zero-order chi connectivity index (χ0) is 17.3. The van der Waals surface area contributed by atoms with Crippen molar-refractivity contribution in [3.05, 3.63) is 65.5 Å². The fourth-order valence-corrected chi connectivity index (χ4v) is 3.89. The standard InChI is InChI=1S/C24H29N/c1-2-3-4-5-20-8-12-23(13-9-20)24-14-10-21(11-15-24)6-7-22-16-18-25-19-17-22/h10-11,14-20,23H,2-5,8-9,12-13H2,1H3. The number of nitrogens with zero attached hydrogens (tertiary/aromatic N) is 1. The molecule has 0 radical (unpaired) electrons. The molecule has 25 heavy (non-hydrogen) atoms. The van der Waals surface area contributed by atoms with Crippen molar-refractivity contribution < 1.29 is 0 Å². The topological polar surface area (TPSA) is 12.9 Å². The predicted molar refractivity (Wildman–Crippen MR) is 106 cm³/mol. The minimum absolute atomic E-state index is 0.754. The van der Waals surface area contributed by atoms with Crippen molar-refractivity contribution >= 4 is 0 Å². The largest absolute Gasteiger partial charge is 0.265 e. The zero-order valence-electron chi connectivity index (χ0n) is 15.4. The highest BCUT2D eigenvalue weighted by Crippen LogP contribution is 2.37. The molecule has 1 heterocycles. The van der Waals surface area contributed by atoms with Crippen LogP contribution in [0.25, 0.3) is 0 Å². The second kappa shape index (κ2) is 9.42. The van der Waals surface area contributed by atoms with Gasteiger partial charge in [0, 0.05) is 23.5 Å². The molecule has 1 aliphatic carbocycles. The fraction of sp³-hybridized carbons (Fsp3) is 0.458. The summed E-state index contributed by atoms with van der Waals surface area (Å²) in [5.74, 6) is 8.18. The van der Waals surface area contributed by atoms with E-state index in [4.69, 9.17) is 0 Å². The van der Waals surface area contributed by atoms with Gasteiger partial charge in [-0.1, -0.05) is 56.6 Å². The highest BCUT2D eigenvalue weighted by atomic mass is 14.6. The summed E-state index contributed by atoms with van der Waals surface area (Å²) >= 11 is 0. The average Bonchev–Trinajstić information content (AvgIpc) is 2.68. The van der Waals surface area contributed by atoms with E-state index in [0.29, 0.717) is 0 Å². The van der Waals surface area contributed by atoms with E-state index in [-0.39, 0.29) is 0 Å². The number of unbranched alkanes of at least 4 members (excludes halogenated alkanes) is 2. The lowest BCUT2D eigenvalue weighted by molar-refractivity contribution is 0.303. The van der Waals surface area contributed by atoms with Crippen molar-refractivity contribution in [2.24, 2.45) is 5.92 Å². The Morgan fingerprint density at radius 3 is 2.12 bits per heavy atom. The lowest BCUT2D eigenvalue weighted by Crippen LogP contribution is -2.13. The number of hydrogen-bond donors (Lipinski definition) is 0. The van der Waals surface area contributed by atoms with Crippen LogP contribution in [0.4, 0.5) is 0 Å². The Kier molecular flexibility index (Phi) is 6.69. The molecular weight excluding hydrogens is 302 g/mol. The molecule has 1 heteroatoms. The van der Waals surface area contributed by atoms with Crippen LogP contribution in [0, 0.1) is 17.8 Å². The molecule has 1 saturated carbocycles. The van der Waals surface area contributed by atoms with Crippen molar-refractivity contribution in [1.82, 2.24) is 4.98 Å². The van der Waals surface area contributed by atoms with E-state index in [2.05, 4.69) is 48.0 Å². The first-order valence-electron chi connectivity index (χ1n) is 9.87. The third kappa shape index (κ3) is 5.46. The summed E-state index contributed by atoms with van der Waals surface area (Å²) in [7, 11) is 0. The van der Waals surface area contributed by atoms with Gasteiger partial charge >= 0.3 is 0 Å². The minimum atomic E-state index is 0.754. The lowest BCUT2D eigenvalue weighted by atomic mass is 9.77. The monoisotopic (exact) mass is 331 g/mol. The van der Waals surface area contributed by atoms with Crippen LogP contribution < -0.4 is 0 Å². The molecule has 0 aliphatic heterocycles. The molecule has 0 N–H and O–H groups in total. The highest BCUT2D eigenvalue weighted by molar-refractivity contribution is 5.43. The number of hydrogen-bond acceptors (Lipinski definition) is 1. The van der Waals surface area contributed by atoms with Gasteiger partial charge in [-0.2, -0.15) is 0 Å². The quantitative estimate of drug-likeness (QED) is 0.460. The number of benzene rings is 1. The summed E-state index contributed by atoms with van der Waals surface area (Å²) in [4.78, 5) is 4.02. The van der Waals surface area contributed by atoms with E-state index in [1.54, 1.807) is 12.4 Å². The van der Waals surface area contributed by atoms with Gasteiger partial charge in [-0.3, -0.25) is 4.98 Å². The van der Waals surface area contributed by atoms with Crippen LogP contribution in [-0.4, -0.2) is 4.98 Å². The SMILES string of the molecule is CCCCCC1CCC(c2ccc(C#Cc3ccncc3)cc2)CC1. The molecule has 130 valence electrons. The van der Waals surface area contributed by atoms with Crippen LogP contribution in [-0.2, 0) is 0 Å². The smallest absolute Gasteiger partial charge is 0.0280 e. The zero-order valence-corrected chi connectivity index (χ0v) is 15.4. The maximum atomic E-state index is 4.02. The lowest BCUT2D eigenvalue weighted by Gasteiger charge is -2.29.